The lowest BCUT2D eigenvalue weighted by Crippen LogP contribution is -2.17. The molecule has 1 amide bonds. The molecule has 0 radical (unpaired) electrons. The summed E-state index contributed by atoms with van der Waals surface area (Å²) in [5, 5.41) is 6.82. The topological polar surface area (TPSA) is 81.9 Å². The first-order valence-electron chi connectivity index (χ1n) is 7.27. The highest BCUT2D eigenvalue weighted by Gasteiger charge is 2.13. The molecule has 0 unspecified atom stereocenters. The molecule has 3 rings (SSSR count). The molecule has 3 aromatic heterocycles. The third kappa shape index (κ3) is 4.14. The van der Waals surface area contributed by atoms with Gasteiger partial charge in [0, 0.05) is 24.5 Å². The molecule has 0 aliphatic heterocycles. The van der Waals surface area contributed by atoms with Crippen LogP contribution in [0.25, 0.3) is 5.69 Å². The number of halogens is 2. The number of rotatable bonds is 6. The lowest BCUT2D eigenvalue weighted by atomic mass is 10.3. The van der Waals surface area contributed by atoms with E-state index in [1.54, 1.807) is 30.6 Å². The number of carbonyl (C=O) groups is 1. The average Bonchev–Trinajstić information content (AvgIpc) is 3.09. The van der Waals surface area contributed by atoms with Crippen molar-refractivity contribution < 1.29 is 18.3 Å². The molecule has 1 N–H and O–H groups in total. The van der Waals surface area contributed by atoms with Crippen LogP contribution in [0.2, 0.25) is 0 Å². The number of hydrogen-bond donors (Lipinski definition) is 1. The fraction of sp³-hybridized carbons (Fsp3) is 0.125. The van der Waals surface area contributed by atoms with Crippen LogP contribution in [0.1, 0.15) is 10.5 Å². The Morgan fingerprint density at radius 3 is 2.72 bits per heavy atom. The van der Waals surface area contributed by atoms with Crippen molar-refractivity contribution in [2.45, 2.75) is 6.43 Å². The molecule has 3 aromatic rings. The van der Waals surface area contributed by atoms with Gasteiger partial charge >= 0.3 is 0 Å². The van der Waals surface area contributed by atoms with Gasteiger partial charge in [-0.3, -0.25) is 9.78 Å². The largest absolute Gasteiger partial charge is 0.472 e. The number of anilines is 1. The quantitative estimate of drug-likeness (QED) is 0.742. The number of alkyl halides is 2. The Bertz CT molecular complexity index is 854. The number of amides is 1. The highest BCUT2D eigenvalue weighted by molar-refractivity contribution is 6.02. The molecular weight excluding hydrogens is 332 g/mol. The molecular formula is C16H13F2N5O2. The van der Waals surface area contributed by atoms with E-state index in [4.69, 9.17) is 4.74 Å². The number of hydrogen-bond acceptors (Lipinski definition) is 5. The second-order valence-electron chi connectivity index (χ2n) is 4.85. The molecule has 0 aliphatic carbocycles. The maximum Gasteiger partial charge on any atom is 0.275 e. The fourth-order valence-electron chi connectivity index (χ4n) is 2.04. The zero-order valence-electron chi connectivity index (χ0n) is 12.8. The number of pyridine rings is 2. The van der Waals surface area contributed by atoms with Crippen molar-refractivity contribution in [2.24, 2.45) is 0 Å². The molecule has 0 saturated heterocycles. The van der Waals surface area contributed by atoms with Crippen LogP contribution in [-0.4, -0.2) is 38.7 Å². The summed E-state index contributed by atoms with van der Waals surface area (Å²) >= 11 is 0. The van der Waals surface area contributed by atoms with Crippen molar-refractivity contribution in [3.63, 3.8) is 0 Å². The predicted octanol–water partition coefficient (Wildman–Crippen LogP) is 2.56. The normalized spacial score (nSPS) is 10.7. The first-order chi connectivity index (χ1) is 12.1. The highest BCUT2D eigenvalue weighted by atomic mass is 19.3. The number of nitrogens with one attached hydrogen (secondary N) is 1. The summed E-state index contributed by atoms with van der Waals surface area (Å²) in [6, 6.07) is 9.45. The SMILES string of the molecule is O=C(Nc1ccnn1-c1ccncc1)c1cccc(OCC(F)F)n1. The van der Waals surface area contributed by atoms with E-state index < -0.39 is 18.9 Å². The minimum Gasteiger partial charge on any atom is -0.472 e. The first kappa shape index (κ1) is 16.5. The standard InChI is InChI=1S/C16H13F2N5O2/c17-13(18)10-25-15-3-1-2-12(21-15)16(24)22-14-6-9-20-23(14)11-4-7-19-8-5-11/h1-9,13H,10H2,(H,22,24). The van der Waals surface area contributed by atoms with Gasteiger partial charge in [-0.15, -0.1) is 0 Å². The van der Waals surface area contributed by atoms with Crippen LogP contribution in [0.15, 0.2) is 55.0 Å². The Morgan fingerprint density at radius 2 is 1.96 bits per heavy atom. The van der Waals surface area contributed by atoms with E-state index in [0.717, 1.165) is 5.69 Å². The lowest BCUT2D eigenvalue weighted by molar-refractivity contribution is 0.0794. The fourth-order valence-corrected chi connectivity index (χ4v) is 2.04. The van der Waals surface area contributed by atoms with E-state index in [2.05, 4.69) is 20.4 Å². The average molecular weight is 345 g/mol. The van der Waals surface area contributed by atoms with Gasteiger partial charge in [-0.25, -0.2) is 18.4 Å². The Balaban J connectivity index is 1.75. The summed E-state index contributed by atoms with van der Waals surface area (Å²) < 4.78 is 30.7. The number of ether oxygens (including phenoxy) is 1. The molecule has 128 valence electrons. The van der Waals surface area contributed by atoms with E-state index in [1.807, 2.05) is 0 Å². The van der Waals surface area contributed by atoms with Gasteiger partial charge in [0.25, 0.3) is 12.3 Å². The van der Waals surface area contributed by atoms with Crippen molar-refractivity contribution in [1.82, 2.24) is 19.7 Å². The Labute approximate surface area is 141 Å². The van der Waals surface area contributed by atoms with Crippen molar-refractivity contribution in [2.75, 3.05) is 11.9 Å². The Hall–Kier alpha value is -3.36. The number of nitrogens with zero attached hydrogens (tertiary/aromatic N) is 4. The Kier molecular flexibility index (Phi) is 4.93. The van der Waals surface area contributed by atoms with E-state index in [-0.39, 0.29) is 11.6 Å². The molecule has 0 spiro atoms. The molecule has 0 fully saturated rings. The van der Waals surface area contributed by atoms with Crippen molar-refractivity contribution >= 4 is 11.7 Å². The summed E-state index contributed by atoms with van der Waals surface area (Å²) in [6.45, 7) is -0.785. The maximum atomic E-state index is 12.4. The van der Waals surface area contributed by atoms with Gasteiger partial charge in [-0.05, 0) is 18.2 Å². The van der Waals surface area contributed by atoms with Crippen molar-refractivity contribution in [1.29, 1.82) is 0 Å². The summed E-state index contributed by atoms with van der Waals surface area (Å²) in [4.78, 5) is 20.2. The molecule has 0 aliphatic rings. The predicted molar refractivity (Wildman–Crippen MR) is 85.0 cm³/mol. The molecule has 9 heteroatoms. The van der Waals surface area contributed by atoms with Gasteiger partial charge in [-0.1, -0.05) is 6.07 Å². The van der Waals surface area contributed by atoms with Gasteiger partial charge in [0.2, 0.25) is 5.88 Å². The maximum absolute atomic E-state index is 12.4. The summed E-state index contributed by atoms with van der Waals surface area (Å²) in [6.07, 6.45) is 2.13. The zero-order chi connectivity index (χ0) is 17.6. The second kappa shape index (κ2) is 7.47. The lowest BCUT2D eigenvalue weighted by Gasteiger charge is -2.09. The van der Waals surface area contributed by atoms with Gasteiger partial charge in [0.1, 0.15) is 11.5 Å². The van der Waals surface area contributed by atoms with Gasteiger partial charge in [0.05, 0.1) is 11.9 Å². The van der Waals surface area contributed by atoms with Crippen LogP contribution >= 0.6 is 0 Å². The minimum atomic E-state index is -2.62. The van der Waals surface area contributed by atoms with E-state index in [0.29, 0.717) is 5.82 Å². The smallest absolute Gasteiger partial charge is 0.275 e. The van der Waals surface area contributed by atoms with Gasteiger partial charge in [-0.2, -0.15) is 5.10 Å². The summed E-state index contributed by atoms with van der Waals surface area (Å²) in [5.41, 5.74) is 0.756. The molecule has 25 heavy (non-hydrogen) atoms. The van der Waals surface area contributed by atoms with Crippen LogP contribution in [0.3, 0.4) is 0 Å². The van der Waals surface area contributed by atoms with Crippen molar-refractivity contribution in [3.05, 3.63) is 60.7 Å². The zero-order valence-corrected chi connectivity index (χ0v) is 12.8. The van der Waals surface area contributed by atoms with Crippen LogP contribution in [-0.2, 0) is 0 Å². The second-order valence-corrected chi connectivity index (χ2v) is 4.85. The van der Waals surface area contributed by atoms with Crippen LogP contribution in [0.4, 0.5) is 14.6 Å². The monoisotopic (exact) mass is 345 g/mol. The van der Waals surface area contributed by atoms with Gasteiger partial charge < -0.3 is 10.1 Å². The van der Waals surface area contributed by atoms with Crippen molar-refractivity contribution in [3.8, 4) is 11.6 Å². The van der Waals surface area contributed by atoms with Crippen LogP contribution in [0.5, 0.6) is 5.88 Å². The van der Waals surface area contributed by atoms with Gasteiger partial charge in [0.15, 0.2) is 6.61 Å². The minimum absolute atomic E-state index is 0.0363. The number of aromatic nitrogens is 4. The third-order valence-corrected chi connectivity index (χ3v) is 3.11. The molecule has 0 atom stereocenters. The van der Waals surface area contributed by atoms with Crippen LogP contribution in [0, 0.1) is 0 Å². The highest BCUT2D eigenvalue weighted by Crippen LogP contribution is 2.15. The summed E-state index contributed by atoms with van der Waals surface area (Å²) in [5.74, 6) is -0.134. The van der Waals surface area contributed by atoms with E-state index in [9.17, 15) is 13.6 Å². The molecule has 0 bridgehead atoms. The molecule has 0 aromatic carbocycles. The summed E-state index contributed by atoms with van der Waals surface area (Å²) in [7, 11) is 0. The van der Waals surface area contributed by atoms with E-state index in [1.165, 1.54) is 29.1 Å². The van der Waals surface area contributed by atoms with E-state index >= 15 is 0 Å². The third-order valence-electron chi connectivity index (χ3n) is 3.11. The Morgan fingerprint density at radius 1 is 1.16 bits per heavy atom. The number of carbonyl (C=O) groups excluding carboxylic acids is 1. The van der Waals surface area contributed by atoms with Crippen LogP contribution < -0.4 is 10.1 Å². The molecule has 0 saturated carbocycles. The first-order valence-corrected chi connectivity index (χ1v) is 7.27. The molecule has 3 heterocycles. The molecule has 7 nitrogen and oxygen atoms in total.